The van der Waals surface area contributed by atoms with E-state index in [1.165, 1.54) is 18.5 Å². The zero-order valence-electron chi connectivity index (χ0n) is 11.4. The summed E-state index contributed by atoms with van der Waals surface area (Å²) >= 11 is 5.96. The van der Waals surface area contributed by atoms with Gasteiger partial charge in [-0.2, -0.15) is 0 Å². The van der Waals surface area contributed by atoms with Crippen LogP contribution in [0, 0.1) is 0 Å². The normalized spacial score (nSPS) is 12.0. The van der Waals surface area contributed by atoms with E-state index in [1.807, 2.05) is 6.92 Å². The van der Waals surface area contributed by atoms with Crippen LogP contribution >= 0.6 is 11.6 Å². The van der Waals surface area contributed by atoms with Gasteiger partial charge in [-0.05, 0) is 25.1 Å². The molecule has 0 aliphatic carbocycles. The number of carbonyl (C=O) groups excluding carboxylic acids is 1. The molecule has 0 radical (unpaired) electrons. The summed E-state index contributed by atoms with van der Waals surface area (Å²) < 4.78 is 10.2. The third-order valence-corrected chi connectivity index (χ3v) is 2.95. The molecule has 7 heteroatoms. The zero-order valence-corrected chi connectivity index (χ0v) is 12.1. The van der Waals surface area contributed by atoms with E-state index >= 15 is 0 Å². The number of nitrogens with one attached hydrogen (secondary N) is 1. The molecular weight excluding hydrogens is 296 g/mol. The van der Waals surface area contributed by atoms with Crippen LogP contribution in [0.15, 0.2) is 35.1 Å². The quantitative estimate of drug-likeness (QED) is 0.854. The largest absolute Gasteiger partial charge is 0.477 e. The highest BCUT2D eigenvalue weighted by Crippen LogP contribution is 2.22. The van der Waals surface area contributed by atoms with Gasteiger partial charge in [0.2, 0.25) is 5.88 Å². The summed E-state index contributed by atoms with van der Waals surface area (Å²) in [7, 11) is 0. The standard InChI is InChI=1S/C14H15ClN2O4/c1-2-20-14-10(15)6-9(7-17-14)13(19)16-8-11(18)12-4-3-5-21-12/h3-7,11,18H,2,8H2,1H3,(H,16,19). The Labute approximate surface area is 126 Å². The molecule has 0 saturated carbocycles. The first-order valence-electron chi connectivity index (χ1n) is 6.39. The van der Waals surface area contributed by atoms with Crippen LogP contribution in [-0.4, -0.2) is 29.1 Å². The molecule has 0 bridgehead atoms. The Morgan fingerprint density at radius 2 is 2.43 bits per heavy atom. The maximum atomic E-state index is 11.9. The predicted octanol–water partition coefficient (Wildman–Crippen LogP) is 2.19. The number of nitrogens with zero attached hydrogens (tertiary/aromatic N) is 1. The molecule has 1 atom stereocenters. The number of rotatable bonds is 6. The summed E-state index contributed by atoms with van der Waals surface area (Å²) in [6.45, 7) is 2.28. The first-order valence-corrected chi connectivity index (χ1v) is 6.77. The molecule has 2 aromatic rings. The number of aliphatic hydroxyl groups excluding tert-OH is 1. The zero-order chi connectivity index (χ0) is 15.2. The molecule has 1 amide bonds. The maximum absolute atomic E-state index is 11.9. The van der Waals surface area contributed by atoms with E-state index in [0.717, 1.165) is 0 Å². The van der Waals surface area contributed by atoms with Gasteiger partial charge in [0, 0.05) is 6.20 Å². The van der Waals surface area contributed by atoms with Gasteiger partial charge in [0.1, 0.15) is 16.9 Å². The maximum Gasteiger partial charge on any atom is 0.253 e. The minimum atomic E-state index is -0.907. The summed E-state index contributed by atoms with van der Waals surface area (Å²) in [5, 5.41) is 12.6. The van der Waals surface area contributed by atoms with E-state index in [4.69, 9.17) is 20.8 Å². The third-order valence-electron chi connectivity index (χ3n) is 2.68. The minimum absolute atomic E-state index is 0.0250. The van der Waals surface area contributed by atoms with E-state index < -0.39 is 12.0 Å². The van der Waals surface area contributed by atoms with Crippen LogP contribution in [0.4, 0.5) is 0 Å². The molecule has 0 aliphatic rings. The molecule has 2 rings (SSSR count). The topological polar surface area (TPSA) is 84.6 Å². The number of amides is 1. The Morgan fingerprint density at radius 3 is 3.05 bits per heavy atom. The molecule has 0 fully saturated rings. The van der Waals surface area contributed by atoms with Crippen LogP contribution in [0.2, 0.25) is 5.02 Å². The third kappa shape index (κ3) is 3.96. The SMILES string of the molecule is CCOc1ncc(C(=O)NCC(O)c2ccco2)cc1Cl. The second kappa shape index (κ2) is 7.10. The first-order chi connectivity index (χ1) is 10.1. The predicted molar refractivity (Wildman–Crippen MR) is 76.4 cm³/mol. The molecule has 2 N–H and O–H groups in total. The fourth-order valence-corrected chi connectivity index (χ4v) is 1.89. The van der Waals surface area contributed by atoms with Crippen LogP contribution in [-0.2, 0) is 0 Å². The summed E-state index contributed by atoms with van der Waals surface area (Å²) in [5.41, 5.74) is 0.287. The van der Waals surface area contributed by atoms with Crippen molar-refractivity contribution in [2.75, 3.05) is 13.2 Å². The fourth-order valence-electron chi connectivity index (χ4n) is 1.67. The molecule has 21 heavy (non-hydrogen) atoms. The Balaban J connectivity index is 1.95. The molecule has 0 spiro atoms. The Kier molecular flexibility index (Phi) is 5.19. The molecule has 0 aliphatic heterocycles. The van der Waals surface area contributed by atoms with Gasteiger partial charge in [-0.1, -0.05) is 11.6 Å². The number of pyridine rings is 1. The lowest BCUT2D eigenvalue weighted by Crippen LogP contribution is -2.28. The number of ether oxygens (including phenoxy) is 1. The van der Waals surface area contributed by atoms with Crippen molar-refractivity contribution in [3.05, 3.63) is 47.0 Å². The molecule has 2 aromatic heterocycles. The first kappa shape index (κ1) is 15.3. The summed E-state index contributed by atoms with van der Waals surface area (Å²) in [6, 6.07) is 4.76. The van der Waals surface area contributed by atoms with Crippen LogP contribution < -0.4 is 10.1 Å². The number of furan rings is 1. The number of hydrogen-bond donors (Lipinski definition) is 2. The average Bonchev–Trinajstić information content (AvgIpc) is 3.01. The minimum Gasteiger partial charge on any atom is -0.477 e. The van der Waals surface area contributed by atoms with Gasteiger partial charge in [-0.15, -0.1) is 0 Å². The highest BCUT2D eigenvalue weighted by atomic mass is 35.5. The van der Waals surface area contributed by atoms with E-state index in [9.17, 15) is 9.90 Å². The van der Waals surface area contributed by atoms with Crippen molar-refractivity contribution in [3.8, 4) is 5.88 Å². The average molecular weight is 311 g/mol. The van der Waals surface area contributed by atoms with Crippen LogP contribution in [0.1, 0.15) is 29.1 Å². The van der Waals surface area contributed by atoms with Gasteiger partial charge in [-0.25, -0.2) is 4.98 Å². The lowest BCUT2D eigenvalue weighted by Gasteiger charge is -2.10. The van der Waals surface area contributed by atoms with Crippen LogP contribution in [0.3, 0.4) is 0 Å². The molecule has 0 aromatic carbocycles. The number of aromatic nitrogens is 1. The Hall–Kier alpha value is -2.05. The molecular formula is C14H15ClN2O4. The van der Waals surface area contributed by atoms with Crippen molar-refractivity contribution in [3.63, 3.8) is 0 Å². The number of halogens is 1. The van der Waals surface area contributed by atoms with E-state index in [2.05, 4.69) is 10.3 Å². The van der Waals surface area contributed by atoms with Crippen molar-refractivity contribution in [2.24, 2.45) is 0 Å². The number of hydrogen-bond acceptors (Lipinski definition) is 5. The lowest BCUT2D eigenvalue weighted by atomic mass is 10.2. The summed E-state index contributed by atoms with van der Waals surface area (Å²) in [5.74, 6) is 0.280. The van der Waals surface area contributed by atoms with Crippen molar-refractivity contribution >= 4 is 17.5 Å². The van der Waals surface area contributed by atoms with Gasteiger partial charge >= 0.3 is 0 Å². The van der Waals surface area contributed by atoms with Gasteiger partial charge in [-0.3, -0.25) is 4.79 Å². The molecule has 6 nitrogen and oxygen atoms in total. The smallest absolute Gasteiger partial charge is 0.253 e. The molecule has 2 heterocycles. The van der Waals surface area contributed by atoms with Gasteiger partial charge in [0.05, 0.1) is 25.0 Å². The van der Waals surface area contributed by atoms with Crippen molar-refractivity contribution in [2.45, 2.75) is 13.0 Å². The lowest BCUT2D eigenvalue weighted by molar-refractivity contribution is 0.0900. The second-order valence-corrected chi connectivity index (χ2v) is 4.59. The second-order valence-electron chi connectivity index (χ2n) is 4.19. The van der Waals surface area contributed by atoms with Gasteiger partial charge in [0.25, 0.3) is 5.91 Å². The highest BCUT2D eigenvalue weighted by molar-refractivity contribution is 6.32. The van der Waals surface area contributed by atoms with Crippen LogP contribution in [0.5, 0.6) is 5.88 Å². The van der Waals surface area contributed by atoms with Crippen molar-refractivity contribution < 1.29 is 19.1 Å². The van der Waals surface area contributed by atoms with E-state index in [0.29, 0.717) is 12.4 Å². The van der Waals surface area contributed by atoms with Crippen LogP contribution in [0.25, 0.3) is 0 Å². The van der Waals surface area contributed by atoms with Gasteiger partial charge < -0.3 is 19.6 Å². The van der Waals surface area contributed by atoms with Crippen molar-refractivity contribution in [1.29, 1.82) is 0 Å². The number of aliphatic hydroxyl groups is 1. The molecule has 0 saturated heterocycles. The van der Waals surface area contributed by atoms with Gasteiger partial charge in [0.15, 0.2) is 0 Å². The Morgan fingerprint density at radius 1 is 1.62 bits per heavy atom. The monoisotopic (exact) mass is 310 g/mol. The summed E-state index contributed by atoms with van der Waals surface area (Å²) in [4.78, 5) is 15.9. The van der Waals surface area contributed by atoms with Crippen molar-refractivity contribution in [1.82, 2.24) is 10.3 Å². The Bertz CT molecular complexity index is 601. The molecule has 1 unspecified atom stereocenters. The van der Waals surface area contributed by atoms with E-state index in [1.54, 1.807) is 12.1 Å². The van der Waals surface area contributed by atoms with E-state index in [-0.39, 0.29) is 23.0 Å². The summed E-state index contributed by atoms with van der Waals surface area (Å²) in [6.07, 6.45) is 1.91. The number of carbonyl (C=O) groups is 1. The highest BCUT2D eigenvalue weighted by Gasteiger charge is 2.14. The fraction of sp³-hybridized carbons (Fsp3) is 0.286. The molecule has 112 valence electrons.